The SMILES string of the molecule is CCNCCNC(=O)c1ccc([N+](=O)[O-])o1.Cl. The molecule has 1 aromatic heterocycles. The second kappa shape index (κ2) is 7.64. The van der Waals surface area contributed by atoms with Crippen molar-refractivity contribution in [2.45, 2.75) is 6.92 Å². The van der Waals surface area contributed by atoms with Crippen LogP contribution in [0.15, 0.2) is 16.5 Å². The quantitative estimate of drug-likeness (QED) is 0.452. The molecular weight excluding hydrogens is 250 g/mol. The zero-order chi connectivity index (χ0) is 12.0. The van der Waals surface area contributed by atoms with Crippen molar-refractivity contribution in [1.82, 2.24) is 10.6 Å². The number of amides is 1. The van der Waals surface area contributed by atoms with Gasteiger partial charge in [0.2, 0.25) is 0 Å². The van der Waals surface area contributed by atoms with Gasteiger partial charge in [0.25, 0.3) is 5.91 Å². The molecule has 1 rings (SSSR count). The van der Waals surface area contributed by atoms with Gasteiger partial charge >= 0.3 is 5.88 Å². The molecule has 7 nitrogen and oxygen atoms in total. The van der Waals surface area contributed by atoms with E-state index in [4.69, 9.17) is 4.42 Å². The van der Waals surface area contributed by atoms with Gasteiger partial charge in [-0.25, -0.2) is 0 Å². The van der Waals surface area contributed by atoms with E-state index in [0.29, 0.717) is 13.1 Å². The molecule has 1 aromatic rings. The first kappa shape index (κ1) is 15.4. The Hall–Kier alpha value is -1.60. The molecule has 0 bridgehead atoms. The minimum Gasteiger partial charge on any atom is -0.395 e. The molecule has 0 radical (unpaired) electrons. The number of nitrogens with zero attached hydrogens (tertiary/aromatic N) is 1. The molecule has 0 aliphatic carbocycles. The van der Waals surface area contributed by atoms with Crippen LogP contribution in [0, 0.1) is 10.1 Å². The Morgan fingerprint density at radius 2 is 2.18 bits per heavy atom. The van der Waals surface area contributed by atoms with Gasteiger partial charge in [-0.15, -0.1) is 12.4 Å². The fraction of sp³-hybridized carbons (Fsp3) is 0.444. The zero-order valence-corrected chi connectivity index (χ0v) is 10.1. The first-order valence-corrected chi connectivity index (χ1v) is 4.88. The Morgan fingerprint density at radius 3 is 2.71 bits per heavy atom. The maximum absolute atomic E-state index is 11.4. The summed E-state index contributed by atoms with van der Waals surface area (Å²) in [6, 6.07) is 2.43. The maximum Gasteiger partial charge on any atom is 0.433 e. The highest BCUT2D eigenvalue weighted by Crippen LogP contribution is 2.14. The minimum atomic E-state index is -0.685. The van der Waals surface area contributed by atoms with Crippen LogP contribution < -0.4 is 10.6 Å². The zero-order valence-electron chi connectivity index (χ0n) is 9.26. The lowest BCUT2D eigenvalue weighted by Gasteiger charge is -2.02. The maximum atomic E-state index is 11.4. The van der Waals surface area contributed by atoms with E-state index >= 15 is 0 Å². The van der Waals surface area contributed by atoms with Gasteiger partial charge in [0.15, 0.2) is 5.76 Å². The predicted molar refractivity (Wildman–Crippen MR) is 63.5 cm³/mol. The summed E-state index contributed by atoms with van der Waals surface area (Å²) < 4.78 is 4.73. The van der Waals surface area contributed by atoms with Crippen molar-refractivity contribution in [3.05, 3.63) is 28.0 Å². The third-order valence-corrected chi connectivity index (χ3v) is 1.83. The van der Waals surface area contributed by atoms with Gasteiger partial charge in [0.1, 0.15) is 4.92 Å². The number of hydrogen-bond acceptors (Lipinski definition) is 5. The van der Waals surface area contributed by atoms with Crippen LogP contribution >= 0.6 is 12.4 Å². The molecule has 0 saturated carbocycles. The Morgan fingerprint density at radius 1 is 1.47 bits per heavy atom. The molecule has 0 fully saturated rings. The molecule has 96 valence electrons. The molecule has 8 heteroatoms. The van der Waals surface area contributed by atoms with Crippen LogP contribution in [0.1, 0.15) is 17.5 Å². The monoisotopic (exact) mass is 263 g/mol. The van der Waals surface area contributed by atoms with E-state index in [-0.39, 0.29) is 18.2 Å². The second-order valence-corrected chi connectivity index (χ2v) is 3.00. The van der Waals surface area contributed by atoms with Crippen molar-refractivity contribution in [2.24, 2.45) is 0 Å². The summed E-state index contributed by atoms with van der Waals surface area (Å²) in [5, 5.41) is 15.9. The first-order valence-electron chi connectivity index (χ1n) is 4.88. The number of nitrogens with one attached hydrogen (secondary N) is 2. The summed E-state index contributed by atoms with van der Waals surface area (Å²) in [7, 11) is 0. The fourth-order valence-corrected chi connectivity index (χ4v) is 1.08. The third-order valence-electron chi connectivity index (χ3n) is 1.83. The molecular formula is C9H14ClN3O4. The summed E-state index contributed by atoms with van der Waals surface area (Å²) >= 11 is 0. The number of furan rings is 1. The lowest BCUT2D eigenvalue weighted by atomic mass is 10.4. The molecule has 1 amide bonds. The van der Waals surface area contributed by atoms with Crippen LogP contribution in [0.4, 0.5) is 5.88 Å². The Balaban J connectivity index is 0.00000256. The smallest absolute Gasteiger partial charge is 0.395 e. The number of halogens is 1. The number of nitro groups is 1. The van der Waals surface area contributed by atoms with Crippen LogP contribution in [0.3, 0.4) is 0 Å². The molecule has 0 aliphatic heterocycles. The van der Waals surface area contributed by atoms with Crippen LogP contribution in [-0.4, -0.2) is 30.5 Å². The van der Waals surface area contributed by atoms with E-state index in [1.54, 1.807) is 0 Å². The number of rotatable bonds is 6. The summed E-state index contributed by atoms with van der Waals surface area (Å²) in [4.78, 5) is 21.0. The van der Waals surface area contributed by atoms with Crippen molar-refractivity contribution in [3.8, 4) is 0 Å². The summed E-state index contributed by atoms with van der Waals surface area (Å²) in [6.45, 7) is 3.87. The van der Waals surface area contributed by atoms with Gasteiger partial charge in [0, 0.05) is 13.1 Å². The molecule has 0 spiro atoms. The van der Waals surface area contributed by atoms with Crippen LogP contribution in [0.25, 0.3) is 0 Å². The topological polar surface area (TPSA) is 97.4 Å². The number of likely N-dealkylation sites (N-methyl/N-ethyl adjacent to an activating group) is 1. The molecule has 1 heterocycles. The molecule has 17 heavy (non-hydrogen) atoms. The van der Waals surface area contributed by atoms with E-state index in [1.807, 2.05) is 6.92 Å². The highest BCUT2D eigenvalue weighted by Gasteiger charge is 2.16. The van der Waals surface area contributed by atoms with Crippen molar-refractivity contribution in [1.29, 1.82) is 0 Å². The largest absolute Gasteiger partial charge is 0.433 e. The van der Waals surface area contributed by atoms with Gasteiger partial charge < -0.3 is 15.1 Å². The predicted octanol–water partition coefficient (Wildman–Crippen LogP) is 0.949. The molecule has 0 saturated heterocycles. The summed E-state index contributed by atoms with van der Waals surface area (Å²) in [5.74, 6) is -0.939. The average Bonchev–Trinajstić information content (AvgIpc) is 2.73. The molecule has 0 aliphatic rings. The van der Waals surface area contributed by atoms with Crippen molar-refractivity contribution in [2.75, 3.05) is 19.6 Å². The van der Waals surface area contributed by atoms with Gasteiger partial charge in [-0.1, -0.05) is 6.92 Å². The van der Waals surface area contributed by atoms with Crippen molar-refractivity contribution in [3.63, 3.8) is 0 Å². The highest BCUT2D eigenvalue weighted by molar-refractivity contribution is 5.91. The Labute approximate surface area is 104 Å². The van der Waals surface area contributed by atoms with Crippen molar-refractivity contribution < 1.29 is 14.1 Å². The van der Waals surface area contributed by atoms with Crippen molar-refractivity contribution >= 4 is 24.2 Å². The van der Waals surface area contributed by atoms with Gasteiger partial charge in [-0.2, -0.15) is 0 Å². The normalized spacial score (nSPS) is 9.47. The fourth-order valence-electron chi connectivity index (χ4n) is 1.08. The highest BCUT2D eigenvalue weighted by atomic mass is 35.5. The van der Waals surface area contributed by atoms with E-state index in [0.717, 1.165) is 12.6 Å². The first-order chi connectivity index (χ1) is 7.65. The van der Waals surface area contributed by atoms with Crippen LogP contribution in [0.5, 0.6) is 0 Å². The van der Waals surface area contributed by atoms with Gasteiger partial charge in [-0.05, 0) is 12.6 Å². The van der Waals surface area contributed by atoms with Crippen LogP contribution in [-0.2, 0) is 0 Å². The number of hydrogen-bond donors (Lipinski definition) is 2. The average molecular weight is 264 g/mol. The third kappa shape index (κ3) is 4.83. The lowest BCUT2D eigenvalue weighted by Crippen LogP contribution is -2.31. The summed E-state index contributed by atoms with van der Waals surface area (Å²) in [5.41, 5.74) is 0. The Kier molecular flexibility index (Phi) is 6.92. The Bertz CT molecular complexity index is 380. The van der Waals surface area contributed by atoms with E-state index in [1.165, 1.54) is 6.07 Å². The standard InChI is InChI=1S/C9H13N3O4.ClH/c1-2-10-5-6-11-9(13)7-3-4-8(16-7)12(14)15;/h3-4,10H,2,5-6H2,1H3,(H,11,13);1H. The summed E-state index contributed by atoms with van der Waals surface area (Å²) in [6.07, 6.45) is 0. The number of carbonyl (C=O) groups is 1. The van der Waals surface area contributed by atoms with Gasteiger partial charge in [-0.3, -0.25) is 14.9 Å². The molecule has 0 atom stereocenters. The minimum absolute atomic E-state index is 0. The molecule has 0 aromatic carbocycles. The van der Waals surface area contributed by atoms with E-state index in [9.17, 15) is 14.9 Å². The molecule has 2 N–H and O–H groups in total. The van der Waals surface area contributed by atoms with E-state index in [2.05, 4.69) is 10.6 Å². The van der Waals surface area contributed by atoms with E-state index < -0.39 is 16.7 Å². The number of carbonyl (C=O) groups excluding carboxylic acids is 1. The second-order valence-electron chi connectivity index (χ2n) is 3.00. The van der Waals surface area contributed by atoms with Gasteiger partial charge in [0.05, 0.1) is 6.07 Å². The molecule has 0 unspecified atom stereocenters. The van der Waals surface area contributed by atoms with Crippen LogP contribution in [0.2, 0.25) is 0 Å². The lowest BCUT2D eigenvalue weighted by molar-refractivity contribution is -0.402.